The molecule has 2 aromatic carbocycles. The summed E-state index contributed by atoms with van der Waals surface area (Å²) in [6, 6.07) is 3.64. The fourth-order valence-electron chi connectivity index (χ4n) is 1.49. The average Bonchev–Trinajstić information content (AvgIpc) is 2.40. The Kier molecular flexibility index (Phi) is 3.78. The van der Waals surface area contributed by atoms with Gasteiger partial charge in [-0.05, 0) is 17.7 Å². The lowest BCUT2D eigenvalue weighted by Crippen LogP contribution is -2.04. The molecule has 0 amide bonds. The predicted molar refractivity (Wildman–Crippen MR) is 61.4 cm³/mol. The number of rotatable bonds is 3. The second-order valence-corrected chi connectivity index (χ2v) is 3.94. The number of benzene rings is 2. The number of nitrogens with two attached hydrogens (primary N) is 1. The molecular weight excluding hydrogens is 281 g/mol. The summed E-state index contributed by atoms with van der Waals surface area (Å²) >= 11 is 0. The van der Waals surface area contributed by atoms with Crippen LogP contribution in [0.25, 0.3) is 0 Å². The van der Waals surface area contributed by atoms with Crippen molar-refractivity contribution in [2.24, 2.45) is 0 Å². The highest BCUT2D eigenvalue weighted by molar-refractivity contribution is 5.41. The summed E-state index contributed by atoms with van der Waals surface area (Å²) in [6.45, 7) is -0.478. The first-order chi connectivity index (χ1) is 9.40. The molecule has 20 heavy (non-hydrogen) atoms. The van der Waals surface area contributed by atoms with E-state index in [0.717, 1.165) is 6.07 Å². The molecule has 2 rings (SSSR count). The van der Waals surface area contributed by atoms with Crippen LogP contribution in [0.1, 0.15) is 5.56 Å². The molecule has 0 spiro atoms. The zero-order chi connectivity index (χ0) is 14.9. The average molecular weight is 289 g/mol. The summed E-state index contributed by atoms with van der Waals surface area (Å²) in [5, 5.41) is 0. The molecule has 0 heterocycles. The van der Waals surface area contributed by atoms with Gasteiger partial charge >= 0.3 is 0 Å². The zero-order valence-corrected chi connectivity index (χ0v) is 9.89. The Hall–Kier alpha value is -2.31. The Balaban J connectivity index is 2.25. The van der Waals surface area contributed by atoms with Crippen molar-refractivity contribution in [1.29, 1.82) is 0 Å². The van der Waals surface area contributed by atoms with Crippen molar-refractivity contribution in [3.63, 3.8) is 0 Å². The number of anilines is 1. The molecule has 2 N–H and O–H groups in total. The van der Waals surface area contributed by atoms with E-state index in [1.807, 2.05) is 0 Å². The highest BCUT2D eigenvalue weighted by Gasteiger charge is 2.20. The van der Waals surface area contributed by atoms with Crippen LogP contribution in [0.5, 0.6) is 5.75 Å². The lowest BCUT2D eigenvalue weighted by Gasteiger charge is -2.10. The molecule has 7 heteroatoms. The summed E-state index contributed by atoms with van der Waals surface area (Å²) < 4.78 is 70.2. The SMILES string of the molecule is Nc1ccc(COc2c(F)c(F)cc(F)c2F)cc1F. The van der Waals surface area contributed by atoms with Gasteiger partial charge in [0.05, 0.1) is 5.69 Å². The van der Waals surface area contributed by atoms with Gasteiger partial charge in [0.1, 0.15) is 12.4 Å². The summed E-state index contributed by atoms with van der Waals surface area (Å²) in [6.07, 6.45) is 0. The van der Waals surface area contributed by atoms with Gasteiger partial charge in [-0.3, -0.25) is 0 Å². The second kappa shape index (κ2) is 5.36. The Morgan fingerprint density at radius 2 is 1.45 bits per heavy atom. The van der Waals surface area contributed by atoms with E-state index >= 15 is 0 Å². The van der Waals surface area contributed by atoms with Gasteiger partial charge in [-0.15, -0.1) is 0 Å². The molecule has 0 radical (unpaired) electrons. The van der Waals surface area contributed by atoms with E-state index in [9.17, 15) is 22.0 Å². The van der Waals surface area contributed by atoms with Gasteiger partial charge in [0, 0.05) is 6.07 Å². The van der Waals surface area contributed by atoms with Gasteiger partial charge in [-0.25, -0.2) is 13.2 Å². The third kappa shape index (κ3) is 2.66. The minimum Gasteiger partial charge on any atom is -0.483 e. The maximum absolute atomic E-state index is 13.3. The molecule has 0 aliphatic rings. The van der Waals surface area contributed by atoms with Crippen molar-refractivity contribution in [2.45, 2.75) is 6.61 Å². The van der Waals surface area contributed by atoms with Crippen molar-refractivity contribution in [2.75, 3.05) is 5.73 Å². The third-order valence-corrected chi connectivity index (χ3v) is 2.52. The maximum atomic E-state index is 13.3. The molecule has 0 unspecified atom stereocenters. The van der Waals surface area contributed by atoms with Gasteiger partial charge in [0.2, 0.25) is 11.6 Å². The van der Waals surface area contributed by atoms with Crippen LogP contribution in [0.15, 0.2) is 24.3 Å². The van der Waals surface area contributed by atoms with E-state index in [0.29, 0.717) is 0 Å². The van der Waals surface area contributed by atoms with Crippen LogP contribution in [0, 0.1) is 29.1 Å². The highest BCUT2D eigenvalue weighted by Crippen LogP contribution is 2.27. The maximum Gasteiger partial charge on any atom is 0.203 e. The van der Waals surface area contributed by atoms with Crippen LogP contribution >= 0.6 is 0 Å². The Morgan fingerprint density at radius 1 is 0.850 bits per heavy atom. The lowest BCUT2D eigenvalue weighted by molar-refractivity contribution is 0.261. The van der Waals surface area contributed by atoms with E-state index in [2.05, 4.69) is 4.74 Å². The van der Waals surface area contributed by atoms with Crippen molar-refractivity contribution in [1.82, 2.24) is 0 Å². The standard InChI is InChI=1S/C13H8F5NO/c14-7-3-6(1-2-10(7)19)5-20-13-11(17)8(15)4-9(16)12(13)18/h1-4H,5,19H2. The molecule has 2 aromatic rings. The first kappa shape index (κ1) is 14.1. The molecule has 0 aliphatic carbocycles. The van der Waals surface area contributed by atoms with Gasteiger partial charge in [-0.2, -0.15) is 8.78 Å². The molecule has 0 aromatic heterocycles. The Labute approximate surface area is 110 Å². The van der Waals surface area contributed by atoms with Crippen molar-refractivity contribution in [3.05, 3.63) is 58.9 Å². The van der Waals surface area contributed by atoms with Gasteiger partial charge in [-0.1, -0.05) is 6.07 Å². The van der Waals surface area contributed by atoms with Gasteiger partial charge < -0.3 is 10.5 Å². The van der Waals surface area contributed by atoms with Crippen molar-refractivity contribution in [3.8, 4) is 5.75 Å². The predicted octanol–water partition coefficient (Wildman–Crippen LogP) is 3.54. The number of halogens is 5. The molecule has 0 aliphatic heterocycles. The van der Waals surface area contributed by atoms with E-state index < -0.39 is 41.4 Å². The van der Waals surface area contributed by atoms with Crippen LogP contribution in [0.3, 0.4) is 0 Å². The second-order valence-electron chi connectivity index (χ2n) is 3.94. The fraction of sp³-hybridized carbons (Fsp3) is 0.0769. The first-order valence-electron chi connectivity index (χ1n) is 5.40. The fourth-order valence-corrected chi connectivity index (χ4v) is 1.49. The number of hydrogen-bond acceptors (Lipinski definition) is 2. The summed E-state index contributed by atoms with van der Waals surface area (Å²) in [5.41, 5.74) is 5.34. The summed E-state index contributed by atoms with van der Waals surface area (Å²) in [7, 11) is 0. The Morgan fingerprint density at radius 3 is 2.00 bits per heavy atom. The van der Waals surface area contributed by atoms with Crippen LogP contribution in [0.2, 0.25) is 0 Å². The van der Waals surface area contributed by atoms with Gasteiger partial charge in [0.25, 0.3) is 0 Å². The molecule has 0 atom stereocenters. The first-order valence-corrected chi connectivity index (χ1v) is 5.40. The highest BCUT2D eigenvalue weighted by atomic mass is 19.2. The van der Waals surface area contributed by atoms with E-state index in [4.69, 9.17) is 5.73 Å². The molecule has 106 valence electrons. The molecule has 0 saturated heterocycles. The number of hydrogen-bond donors (Lipinski definition) is 1. The Bertz CT molecular complexity index is 633. The van der Waals surface area contributed by atoms with E-state index in [-0.39, 0.29) is 17.3 Å². The molecule has 2 nitrogen and oxygen atoms in total. The minimum absolute atomic E-state index is 0.0699. The van der Waals surface area contributed by atoms with E-state index in [1.165, 1.54) is 12.1 Å². The third-order valence-electron chi connectivity index (χ3n) is 2.52. The largest absolute Gasteiger partial charge is 0.483 e. The van der Waals surface area contributed by atoms with Crippen LogP contribution in [0.4, 0.5) is 27.6 Å². The van der Waals surface area contributed by atoms with Crippen molar-refractivity contribution >= 4 is 5.69 Å². The molecule has 0 saturated carbocycles. The normalized spacial score (nSPS) is 10.7. The summed E-state index contributed by atoms with van der Waals surface area (Å²) in [5.74, 6) is -8.40. The summed E-state index contributed by atoms with van der Waals surface area (Å²) in [4.78, 5) is 0. The topological polar surface area (TPSA) is 35.2 Å². The van der Waals surface area contributed by atoms with Crippen LogP contribution in [-0.2, 0) is 6.61 Å². The van der Waals surface area contributed by atoms with Crippen LogP contribution < -0.4 is 10.5 Å². The van der Waals surface area contributed by atoms with Crippen LogP contribution in [-0.4, -0.2) is 0 Å². The number of nitrogen functional groups attached to an aromatic ring is 1. The van der Waals surface area contributed by atoms with Gasteiger partial charge in [0.15, 0.2) is 17.4 Å². The minimum atomic E-state index is -1.65. The molecule has 0 fully saturated rings. The zero-order valence-electron chi connectivity index (χ0n) is 9.89. The van der Waals surface area contributed by atoms with Crippen molar-refractivity contribution < 1.29 is 26.7 Å². The smallest absolute Gasteiger partial charge is 0.203 e. The monoisotopic (exact) mass is 289 g/mol. The quantitative estimate of drug-likeness (QED) is 0.533. The number of ether oxygens (including phenoxy) is 1. The van der Waals surface area contributed by atoms with E-state index in [1.54, 1.807) is 0 Å². The lowest BCUT2D eigenvalue weighted by atomic mass is 10.2. The molecule has 0 bridgehead atoms. The molecular formula is C13H8F5NO.